The van der Waals surface area contributed by atoms with E-state index in [-0.39, 0.29) is 6.79 Å². The number of nitrogens with zero attached hydrogens (tertiary/aromatic N) is 1. The van der Waals surface area contributed by atoms with Crippen molar-refractivity contribution in [1.29, 1.82) is 0 Å². The third kappa shape index (κ3) is 6.50. The minimum atomic E-state index is 0.260. The van der Waals surface area contributed by atoms with E-state index in [9.17, 15) is 0 Å². The first-order chi connectivity index (χ1) is 16.6. The van der Waals surface area contributed by atoms with E-state index in [1.54, 1.807) is 7.11 Å². The lowest BCUT2D eigenvalue weighted by Gasteiger charge is -2.23. The molecule has 2 aromatic carbocycles. The fourth-order valence-corrected chi connectivity index (χ4v) is 6.18. The Bertz CT molecular complexity index is 1080. The minimum absolute atomic E-state index is 0.260. The Hall–Kier alpha value is -2.61. The van der Waals surface area contributed by atoms with Crippen molar-refractivity contribution < 1.29 is 9.47 Å². The van der Waals surface area contributed by atoms with Crippen LogP contribution >= 0.6 is 8.58 Å². The van der Waals surface area contributed by atoms with Crippen LogP contribution in [0.5, 0.6) is 5.75 Å². The van der Waals surface area contributed by atoms with Crippen molar-refractivity contribution in [2.24, 2.45) is 11.8 Å². The van der Waals surface area contributed by atoms with E-state index in [0.29, 0.717) is 20.4 Å². The first kappa shape index (κ1) is 24.5. The predicted octanol–water partition coefficient (Wildman–Crippen LogP) is 5.71. The van der Waals surface area contributed by atoms with Crippen LogP contribution in [-0.4, -0.2) is 28.0 Å². The monoisotopic (exact) mass is 473 g/mol. The Kier molecular flexibility index (Phi) is 8.79. The first-order valence-corrected chi connectivity index (χ1v) is 13.1. The summed E-state index contributed by atoms with van der Waals surface area (Å²) in [5.41, 5.74) is 3.94. The van der Waals surface area contributed by atoms with E-state index < -0.39 is 0 Å². The number of ether oxygens (including phenoxy) is 2. The Morgan fingerprint density at radius 1 is 0.882 bits per heavy atom. The molecule has 2 aliphatic carbocycles. The average Bonchev–Trinajstić information content (AvgIpc) is 2.85. The molecule has 3 nitrogen and oxygen atoms in total. The number of allylic oxidation sites excluding steroid dienone is 8. The van der Waals surface area contributed by atoms with Gasteiger partial charge in [-0.1, -0.05) is 81.5 Å². The molecule has 4 rings (SSSR count). The van der Waals surface area contributed by atoms with Gasteiger partial charge in [0.25, 0.3) is 0 Å². The smallest absolute Gasteiger partial charge is 0.188 e. The molecule has 34 heavy (non-hydrogen) atoms. The molecule has 3 unspecified atom stereocenters. The second kappa shape index (κ2) is 12.2. The molecule has 0 saturated heterocycles. The molecule has 0 N–H and O–H groups in total. The van der Waals surface area contributed by atoms with Gasteiger partial charge in [-0.15, -0.1) is 0 Å². The number of hydrogen-bond acceptors (Lipinski definition) is 3. The summed E-state index contributed by atoms with van der Waals surface area (Å²) in [6.07, 6.45) is 22.0. The topological polar surface area (TPSA) is 21.7 Å². The lowest BCUT2D eigenvalue weighted by Crippen LogP contribution is -2.20. The Balaban J connectivity index is 1.73. The highest BCUT2D eigenvalue weighted by Crippen LogP contribution is 2.32. The molecule has 0 heterocycles. The van der Waals surface area contributed by atoms with E-state index >= 15 is 0 Å². The molecule has 0 bridgehead atoms. The van der Waals surface area contributed by atoms with Gasteiger partial charge in [0.15, 0.2) is 6.79 Å². The molecule has 178 valence electrons. The summed E-state index contributed by atoms with van der Waals surface area (Å²) in [4.78, 5) is 2.20. The highest BCUT2D eigenvalue weighted by atomic mass is 31.1. The van der Waals surface area contributed by atoms with Gasteiger partial charge in [-0.05, 0) is 60.8 Å². The molecule has 0 aliphatic heterocycles. The van der Waals surface area contributed by atoms with Crippen LogP contribution in [0.15, 0.2) is 85.0 Å². The zero-order valence-electron chi connectivity index (χ0n) is 20.5. The van der Waals surface area contributed by atoms with Gasteiger partial charge in [0.05, 0.1) is 0 Å². The first-order valence-electron chi connectivity index (χ1n) is 12.1. The molecule has 4 heteroatoms. The van der Waals surface area contributed by atoms with Crippen molar-refractivity contribution in [2.45, 2.75) is 25.7 Å². The fourth-order valence-electron chi connectivity index (χ4n) is 4.67. The third-order valence-corrected chi connectivity index (χ3v) is 7.65. The molecule has 0 radical (unpaired) electrons. The van der Waals surface area contributed by atoms with Crippen molar-refractivity contribution in [3.8, 4) is 5.75 Å². The molecule has 2 aromatic rings. The van der Waals surface area contributed by atoms with Gasteiger partial charge >= 0.3 is 0 Å². The summed E-state index contributed by atoms with van der Waals surface area (Å²) in [5.74, 6) is 2.04. The van der Waals surface area contributed by atoms with Crippen LogP contribution in [0, 0.1) is 11.8 Å². The summed E-state index contributed by atoms with van der Waals surface area (Å²) < 4.78 is 11.6. The van der Waals surface area contributed by atoms with Crippen LogP contribution in [0.3, 0.4) is 0 Å². The summed E-state index contributed by atoms with van der Waals surface area (Å²) in [7, 11) is 6.42. The number of methoxy groups -OCH3 is 1. The van der Waals surface area contributed by atoms with E-state index in [2.05, 4.69) is 104 Å². The second-order valence-corrected chi connectivity index (χ2v) is 10.6. The van der Waals surface area contributed by atoms with Gasteiger partial charge in [0.2, 0.25) is 0 Å². The lowest BCUT2D eigenvalue weighted by atomic mass is 9.89. The fraction of sp³-hybridized carbons (Fsp3) is 0.333. The maximum atomic E-state index is 6.28. The standard InChI is InChI=1S/C30H36NO2P/c1-31(2)27-16-10-11-17-28(27)34-29-21-25(18-23-12-6-4-7-13-23)20-26(30(29)33-22-32-3)19-24-14-8-5-9-15-24/h4-12,14,16-17,20-21,23-24,34H,13,15,18-19,22H2,1-3H3. The minimum Gasteiger partial charge on any atom is -0.467 e. The second-order valence-electron chi connectivity index (χ2n) is 9.24. The molecule has 3 atom stereocenters. The molecular formula is C30H36NO2P. The number of hydrogen-bond donors (Lipinski definition) is 0. The van der Waals surface area contributed by atoms with Crippen LogP contribution < -0.4 is 20.2 Å². The zero-order chi connectivity index (χ0) is 23.8. The molecule has 0 fully saturated rings. The Labute approximate surface area is 206 Å². The van der Waals surface area contributed by atoms with Crippen LogP contribution in [0.4, 0.5) is 5.69 Å². The summed E-state index contributed by atoms with van der Waals surface area (Å²) in [6.45, 7) is 0.260. The van der Waals surface area contributed by atoms with Crippen molar-refractivity contribution in [3.63, 3.8) is 0 Å². The molecular weight excluding hydrogens is 437 g/mol. The predicted molar refractivity (Wildman–Crippen MR) is 147 cm³/mol. The van der Waals surface area contributed by atoms with Crippen molar-refractivity contribution in [1.82, 2.24) is 0 Å². The quantitative estimate of drug-likeness (QED) is 0.326. The molecule has 0 spiro atoms. The summed E-state index contributed by atoms with van der Waals surface area (Å²) in [5, 5.41) is 2.60. The van der Waals surface area contributed by atoms with Gasteiger partial charge in [0, 0.05) is 37.5 Å². The summed E-state index contributed by atoms with van der Waals surface area (Å²) in [6, 6.07) is 13.4. The van der Waals surface area contributed by atoms with Crippen molar-refractivity contribution in [3.05, 3.63) is 96.1 Å². The number of rotatable bonds is 10. The molecule has 0 amide bonds. The van der Waals surface area contributed by atoms with Crippen LogP contribution in [0.25, 0.3) is 0 Å². The zero-order valence-corrected chi connectivity index (χ0v) is 21.5. The molecule has 2 aliphatic rings. The lowest BCUT2D eigenvalue weighted by molar-refractivity contribution is 0.0511. The van der Waals surface area contributed by atoms with Crippen molar-refractivity contribution >= 4 is 24.9 Å². The Morgan fingerprint density at radius 3 is 2.24 bits per heavy atom. The van der Waals surface area contributed by atoms with Gasteiger partial charge in [-0.25, -0.2) is 0 Å². The number of para-hydroxylation sites is 1. The largest absolute Gasteiger partial charge is 0.467 e. The van der Waals surface area contributed by atoms with E-state index in [4.69, 9.17) is 9.47 Å². The number of anilines is 1. The van der Waals surface area contributed by atoms with E-state index in [1.807, 2.05) is 0 Å². The third-order valence-electron chi connectivity index (χ3n) is 6.32. The van der Waals surface area contributed by atoms with E-state index in [1.165, 1.54) is 27.4 Å². The number of benzene rings is 2. The Morgan fingerprint density at radius 2 is 1.59 bits per heavy atom. The maximum absolute atomic E-state index is 6.28. The van der Waals surface area contributed by atoms with Crippen molar-refractivity contribution in [2.75, 3.05) is 32.9 Å². The van der Waals surface area contributed by atoms with Gasteiger partial charge in [0.1, 0.15) is 5.75 Å². The van der Waals surface area contributed by atoms with E-state index in [0.717, 1.165) is 31.4 Å². The van der Waals surface area contributed by atoms with Crippen LogP contribution in [-0.2, 0) is 17.6 Å². The van der Waals surface area contributed by atoms with Gasteiger partial charge < -0.3 is 14.4 Å². The molecule has 0 saturated carbocycles. The molecule has 0 aromatic heterocycles. The van der Waals surface area contributed by atoms with Gasteiger partial charge in [-0.3, -0.25) is 0 Å². The normalized spacial score (nSPS) is 19.3. The highest BCUT2D eigenvalue weighted by Gasteiger charge is 2.19. The SMILES string of the molecule is COCOc1c(CC2C=CC=CC2)cc(CC2C=CC=CC2)cc1Pc1ccccc1N(C)C. The highest BCUT2D eigenvalue weighted by molar-refractivity contribution is 7.56. The average molecular weight is 474 g/mol. The maximum Gasteiger partial charge on any atom is 0.188 e. The van der Waals surface area contributed by atoms with Crippen LogP contribution in [0.2, 0.25) is 0 Å². The summed E-state index contributed by atoms with van der Waals surface area (Å²) >= 11 is 0. The van der Waals surface area contributed by atoms with Gasteiger partial charge in [-0.2, -0.15) is 0 Å². The van der Waals surface area contributed by atoms with Crippen LogP contribution in [0.1, 0.15) is 24.0 Å².